The molecule has 0 bridgehead atoms. The lowest BCUT2D eigenvalue weighted by Gasteiger charge is -2.19. The first-order chi connectivity index (χ1) is 17.2. The Kier molecular flexibility index (Phi) is 6.84. The molecule has 176 valence electrons. The Bertz CT molecular complexity index is 1470. The van der Waals surface area contributed by atoms with E-state index in [1.165, 1.54) is 9.13 Å². The van der Waals surface area contributed by atoms with Crippen LogP contribution in [-0.2, 0) is 6.54 Å². The van der Waals surface area contributed by atoms with Gasteiger partial charge in [-0.1, -0.05) is 61.9 Å². The molecule has 3 heterocycles. The predicted molar refractivity (Wildman–Crippen MR) is 143 cm³/mol. The third-order valence-electron chi connectivity index (χ3n) is 6.02. The summed E-state index contributed by atoms with van der Waals surface area (Å²) < 4.78 is 4.73. The number of halogens is 1. The highest BCUT2D eigenvalue weighted by atomic mass is 127. The van der Waals surface area contributed by atoms with Crippen molar-refractivity contribution in [3.05, 3.63) is 105 Å². The lowest BCUT2D eigenvalue weighted by Crippen LogP contribution is -2.28. The van der Waals surface area contributed by atoms with Crippen molar-refractivity contribution >= 4 is 22.6 Å². The van der Waals surface area contributed by atoms with E-state index in [1.807, 2.05) is 71.7 Å². The maximum absolute atomic E-state index is 13.3. The lowest BCUT2D eigenvalue weighted by atomic mass is 10.0. The average Bonchev–Trinajstić information content (AvgIpc) is 3.55. The topological polar surface area (TPSA) is 94.3 Å². The van der Waals surface area contributed by atoms with Gasteiger partial charge in [-0.2, -0.15) is 5.21 Å². The summed E-state index contributed by atoms with van der Waals surface area (Å²) in [6.07, 6.45) is 7.45. The van der Waals surface area contributed by atoms with Crippen LogP contribution >= 0.6 is 22.6 Å². The Morgan fingerprint density at radius 3 is 2.51 bits per heavy atom. The molecule has 0 fully saturated rings. The molecule has 2 aromatic carbocycles. The highest BCUT2D eigenvalue weighted by Crippen LogP contribution is 2.29. The predicted octanol–water partition coefficient (Wildman–Crippen LogP) is 4.93. The van der Waals surface area contributed by atoms with Crippen LogP contribution in [-0.4, -0.2) is 34.7 Å². The molecule has 8 nitrogen and oxygen atoms in total. The van der Waals surface area contributed by atoms with Gasteiger partial charge in [-0.3, -0.25) is 14.1 Å². The van der Waals surface area contributed by atoms with Crippen LogP contribution in [0.5, 0.6) is 0 Å². The minimum atomic E-state index is -0.0311. The van der Waals surface area contributed by atoms with E-state index in [9.17, 15) is 4.79 Å². The van der Waals surface area contributed by atoms with Crippen molar-refractivity contribution < 1.29 is 0 Å². The van der Waals surface area contributed by atoms with Crippen molar-refractivity contribution in [2.24, 2.45) is 0 Å². The summed E-state index contributed by atoms with van der Waals surface area (Å²) in [7, 11) is 0. The normalized spacial score (nSPS) is 12.1. The molecule has 0 saturated carbocycles. The van der Waals surface area contributed by atoms with Crippen LogP contribution in [0.2, 0.25) is 0 Å². The van der Waals surface area contributed by atoms with Gasteiger partial charge in [0.1, 0.15) is 0 Å². The molecule has 5 aromatic rings. The van der Waals surface area contributed by atoms with Gasteiger partial charge in [0.2, 0.25) is 5.82 Å². The zero-order chi connectivity index (χ0) is 24.2. The fourth-order valence-electron chi connectivity index (χ4n) is 4.31. The summed E-state index contributed by atoms with van der Waals surface area (Å²) in [6, 6.07) is 20.1. The fraction of sp³-hybridized carbons (Fsp3) is 0.192. The smallest absolute Gasteiger partial charge is 0.293 e. The van der Waals surface area contributed by atoms with Gasteiger partial charge < -0.3 is 0 Å². The van der Waals surface area contributed by atoms with Crippen molar-refractivity contribution in [1.29, 1.82) is 0 Å². The number of nitrogens with one attached hydrogen (secondary N) is 1. The number of imidazole rings is 1. The molecular formula is C26H24IN7O. The van der Waals surface area contributed by atoms with Crippen molar-refractivity contribution in [2.45, 2.75) is 32.4 Å². The summed E-state index contributed by atoms with van der Waals surface area (Å²) in [6.45, 7) is 2.55. The van der Waals surface area contributed by atoms with Gasteiger partial charge in [0.15, 0.2) is 0 Å². The number of aromatic nitrogens is 7. The second-order valence-corrected chi connectivity index (χ2v) is 9.42. The number of nitrogens with zero attached hydrogens (tertiary/aromatic N) is 6. The first-order valence-electron chi connectivity index (χ1n) is 11.5. The lowest BCUT2D eigenvalue weighted by molar-refractivity contribution is 0.506. The molecule has 9 heteroatoms. The largest absolute Gasteiger partial charge is 0.329 e. The maximum Gasteiger partial charge on any atom is 0.329 e. The van der Waals surface area contributed by atoms with E-state index in [0.717, 1.165) is 35.2 Å². The zero-order valence-electron chi connectivity index (χ0n) is 19.2. The van der Waals surface area contributed by atoms with Crippen LogP contribution in [0.3, 0.4) is 0 Å². The van der Waals surface area contributed by atoms with E-state index in [-0.39, 0.29) is 11.7 Å². The van der Waals surface area contributed by atoms with Gasteiger partial charge >= 0.3 is 5.69 Å². The molecule has 3 aromatic heterocycles. The monoisotopic (exact) mass is 577 g/mol. The molecule has 0 aliphatic rings. The average molecular weight is 577 g/mol. The number of benzene rings is 2. The molecule has 0 amide bonds. The van der Waals surface area contributed by atoms with Gasteiger partial charge in [0.25, 0.3) is 0 Å². The summed E-state index contributed by atoms with van der Waals surface area (Å²) in [5, 5.41) is 14.4. The van der Waals surface area contributed by atoms with Crippen LogP contribution in [0.4, 0.5) is 0 Å². The van der Waals surface area contributed by atoms with Gasteiger partial charge in [-0.15, -0.1) is 10.2 Å². The van der Waals surface area contributed by atoms with Crippen LogP contribution in [0.1, 0.15) is 37.1 Å². The maximum atomic E-state index is 13.3. The molecule has 1 atom stereocenters. The summed E-state index contributed by atoms with van der Waals surface area (Å²) in [5.41, 5.74) is 4.75. The van der Waals surface area contributed by atoms with E-state index in [0.29, 0.717) is 12.4 Å². The number of hydrogen-bond acceptors (Lipinski definition) is 5. The minimum Gasteiger partial charge on any atom is -0.293 e. The van der Waals surface area contributed by atoms with Gasteiger partial charge in [0.05, 0.1) is 18.3 Å². The summed E-state index contributed by atoms with van der Waals surface area (Å²) in [5.74, 6) is 0.535. The van der Waals surface area contributed by atoms with E-state index < -0.39 is 0 Å². The Balaban J connectivity index is 1.40. The molecule has 5 rings (SSSR count). The minimum absolute atomic E-state index is 0.0128. The SMILES string of the molecule is CCCC(c1ccccc1I)n1ccn(Cc2ccc(-c3ccccc3-c3nn[nH]n3)cn2)c1=O. The highest BCUT2D eigenvalue weighted by molar-refractivity contribution is 14.1. The molecule has 0 aliphatic carbocycles. The van der Waals surface area contributed by atoms with Crippen molar-refractivity contribution in [1.82, 2.24) is 34.7 Å². The van der Waals surface area contributed by atoms with E-state index in [2.05, 4.69) is 67.3 Å². The van der Waals surface area contributed by atoms with Crippen molar-refractivity contribution in [3.63, 3.8) is 0 Å². The summed E-state index contributed by atoms with van der Waals surface area (Å²) >= 11 is 2.35. The van der Waals surface area contributed by atoms with E-state index in [1.54, 1.807) is 4.57 Å². The molecule has 0 aliphatic heterocycles. The van der Waals surface area contributed by atoms with Gasteiger partial charge in [-0.05, 0) is 57.5 Å². The van der Waals surface area contributed by atoms with Gasteiger partial charge in [0, 0.05) is 33.3 Å². The standard InChI is InChI=1S/C26H24IN7O/c1-2-7-24(22-10-5-6-11-23(22)27)34-15-14-33(26(34)35)17-19-13-12-18(16-28-19)20-8-3-4-9-21(20)25-29-31-32-30-25/h3-6,8-16,24H,2,7,17H2,1H3,(H,29,30,31,32). The molecule has 1 unspecified atom stereocenters. The number of tetrazole rings is 1. The molecular weight excluding hydrogens is 553 g/mol. The number of rotatable bonds is 8. The Hall–Kier alpha value is -3.60. The quantitative estimate of drug-likeness (QED) is 0.264. The Morgan fingerprint density at radius 1 is 1.00 bits per heavy atom. The first-order valence-corrected chi connectivity index (χ1v) is 12.5. The number of hydrogen-bond donors (Lipinski definition) is 1. The van der Waals surface area contributed by atoms with Crippen LogP contribution < -0.4 is 5.69 Å². The third-order valence-corrected chi connectivity index (χ3v) is 7.00. The van der Waals surface area contributed by atoms with Crippen molar-refractivity contribution in [3.8, 4) is 22.5 Å². The van der Waals surface area contributed by atoms with Crippen molar-refractivity contribution in [2.75, 3.05) is 0 Å². The van der Waals surface area contributed by atoms with Crippen LogP contribution in [0.25, 0.3) is 22.5 Å². The highest BCUT2D eigenvalue weighted by Gasteiger charge is 2.19. The van der Waals surface area contributed by atoms with Gasteiger partial charge in [-0.25, -0.2) is 4.79 Å². The second-order valence-electron chi connectivity index (χ2n) is 8.26. The fourth-order valence-corrected chi connectivity index (χ4v) is 5.05. The molecule has 35 heavy (non-hydrogen) atoms. The third kappa shape index (κ3) is 4.81. The van der Waals surface area contributed by atoms with Crippen LogP contribution in [0, 0.1) is 3.57 Å². The van der Waals surface area contributed by atoms with E-state index in [4.69, 9.17) is 0 Å². The number of pyridine rings is 1. The zero-order valence-corrected chi connectivity index (χ0v) is 21.3. The molecule has 1 N–H and O–H groups in total. The number of aromatic amines is 1. The Morgan fingerprint density at radius 2 is 1.80 bits per heavy atom. The number of H-pyrrole nitrogens is 1. The molecule has 0 radical (unpaired) electrons. The molecule has 0 spiro atoms. The second kappa shape index (κ2) is 10.3. The Labute approximate surface area is 216 Å². The van der Waals surface area contributed by atoms with E-state index >= 15 is 0 Å². The van der Waals surface area contributed by atoms with Crippen LogP contribution in [0.15, 0.2) is 84.0 Å². The summed E-state index contributed by atoms with van der Waals surface area (Å²) in [4.78, 5) is 18.0. The molecule has 0 saturated heterocycles. The first kappa shape index (κ1) is 23.2.